The number of carbonyl (C=O) groups is 1. The van der Waals surface area contributed by atoms with Crippen LogP contribution in [0.4, 0.5) is 0 Å². The van der Waals surface area contributed by atoms with Crippen LogP contribution in [0.15, 0.2) is 24.3 Å². The second-order valence-electron chi connectivity index (χ2n) is 6.71. The quantitative estimate of drug-likeness (QED) is 0.331. The Morgan fingerprint density at radius 1 is 0.625 bits per heavy atom. The third kappa shape index (κ3) is 5.26. The summed E-state index contributed by atoms with van der Waals surface area (Å²) in [5.74, 6) is 1.92. The van der Waals surface area contributed by atoms with Crippen molar-refractivity contribution in [1.82, 2.24) is 0 Å². The number of rotatable bonds is 12. The molecule has 0 N–H and O–H groups in total. The molecule has 2 rings (SSSR count). The molecule has 7 nitrogen and oxygen atoms in total. The summed E-state index contributed by atoms with van der Waals surface area (Å²) in [5.41, 5.74) is 1.27. The van der Waals surface area contributed by atoms with Gasteiger partial charge in [0.05, 0.1) is 54.5 Å². The van der Waals surface area contributed by atoms with Crippen molar-refractivity contribution < 1.29 is 33.2 Å². The van der Waals surface area contributed by atoms with Crippen LogP contribution in [0, 0.1) is 0 Å². The van der Waals surface area contributed by atoms with E-state index in [0.29, 0.717) is 56.3 Å². The van der Waals surface area contributed by atoms with Crippen molar-refractivity contribution in [3.63, 3.8) is 0 Å². The lowest BCUT2D eigenvalue weighted by molar-refractivity contribution is -0.121. The van der Waals surface area contributed by atoms with E-state index in [2.05, 4.69) is 31.9 Å². The van der Waals surface area contributed by atoms with Crippen LogP contribution in [0.3, 0.4) is 0 Å². The largest absolute Gasteiger partial charge is 0.496 e. The van der Waals surface area contributed by atoms with E-state index >= 15 is 0 Å². The molecule has 32 heavy (non-hydrogen) atoms. The summed E-state index contributed by atoms with van der Waals surface area (Å²) in [5, 5.41) is 0.713. The Morgan fingerprint density at radius 2 is 0.906 bits per heavy atom. The van der Waals surface area contributed by atoms with Crippen LogP contribution in [0.1, 0.15) is 23.0 Å². The molecule has 0 amide bonds. The summed E-state index contributed by atoms with van der Waals surface area (Å²) < 4.78 is 33.0. The number of halogens is 2. The van der Waals surface area contributed by atoms with Gasteiger partial charge in [-0.1, -0.05) is 31.9 Å². The molecule has 0 radical (unpaired) electrons. The molecule has 2 unspecified atom stereocenters. The van der Waals surface area contributed by atoms with Crippen molar-refractivity contribution in [3.05, 3.63) is 35.4 Å². The second-order valence-corrected chi connectivity index (χ2v) is 8.00. The fourth-order valence-electron chi connectivity index (χ4n) is 3.59. The first-order valence-electron chi connectivity index (χ1n) is 9.69. The molecule has 0 heterocycles. The lowest BCUT2D eigenvalue weighted by Gasteiger charge is -2.26. The summed E-state index contributed by atoms with van der Waals surface area (Å²) in [6, 6.07) is 6.94. The van der Waals surface area contributed by atoms with Crippen LogP contribution in [-0.2, 0) is 4.79 Å². The van der Waals surface area contributed by atoms with Gasteiger partial charge in [-0.3, -0.25) is 4.79 Å². The van der Waals surface area contributed by atoms with E-state index in [-0.39, 0.29) is 5.78 Å². The van der Waals surface area contributed by atoms with Crippen molar-refractivity contribution in [3.8, 4) is 34.5 Å². The first-order chi connectivity index (χ1) is 15.4. The number of ketones is 1. The first-order valence-corrected chi connectivity index (χ1v) is 11.9. The molecule has 176 valence electrons. The lowest BCUT2D eigenvalue weighted by Crippen LogP contribution is -2.25. The minimum absolute atomic E-state index is 0.0673. The average molecular weight is 576 g/mol. The van der Waals surface area contributed by atoms with E-state index < -0.39 is 11.8 Å². The number of methoxy groups -OCH3 is 6. The Bertz CT molecular complexity index is 809. The third-order valence-corrected chi connectivity index (χ3v) is 6.49. The zero-order valence-corrected chi connectivity index (χ0v) is 22.2. The maximum absolute atomic E-state index is 13.9. The predicted octanol–water partition coefficient (Wildman–Crippen LogP) is 4.96. The summed E-state index contributed by atoms with van der Waals surface area (Å²) >= 11 is 7.04. The van der Waals surface area contributed by atoms with Crippen LogP contribution in [0.2, 0.25) is 0 Å². The van der Waals surface area contributed by atoms with E-state index in [4.69, 9.17) is 28.4 Å². The number of carbonyl (C=O) groups excluding carboxylic acids is 1. The molecule has 0 fully saturated rings. The lowest BCUT2D eigenvalue weighted by atomic mass is 9.84. The topological polar surface area (TPSA) is 72.5 Å². The van der Waals surface area contributed by atoms with Gasteiger partial charge in [-0.25, -0.2) is 0 Å². The molecular weight excluding hydrogens is 548 g/mol. The Labute approximate surface area is 205 Å². The normalized spacial score (nSPS) is 12.5. The minimum atomic E-state index is -0.579. The monoisotopic (exact) mass is 574 g/mol. The molecule has 9 heteroatoms. The standard InChI is InChI=1S/C23H28Br2O7/c1-27-13-7-17(29-3)21(18(8-13)30-4)15(11-24)23(26)16(12-25)22-19(31-5)9-14(28-2)10-20(22)32-6/h7-10,15-16H,11-12H2,1-6H3. The molecule has 2 atom stereocenters. The van der Waals surface area contributed by atoms with Crippen LogP contribution in [0.25, 0.3) is 0 Å². The fourth-order valence-corrected chi connectivity index (χ4v) is 4.87. The number of alkyl halides is 2. The molecule has 0 aliphatic carbocycles. The van der Waals surface area contributed by atoms with E-state index in [9.17, 15) is 4.79 Å². The fraction of sp³-hybridized carbons (Fsp3) is 0.435. The number of hydrogen-bond donors (Lipinski definition) is 0. The van der Waals surface area contributed by atoms with Gasteiger partial charge in [0.1, 0.15) is 40.3 Å². The van der Waals surface area contributed by atoms with Gasteiger partial charge in [-0.05, 0) is 0 Å². The van der Waals surface area contributed by atoms with E-state index in [0.717, 1.165) is 0 Å². The smallest absolute Gasteiger partial charge is 0.150 e. The van der Waals surface area contributed by atoms with E-state index in [1.165, 1.54) is 0 Å². The highest BCUT2D eigenvalue weighted by atomic mass is 79.9. The SMILES string of the molecule is COc1cc(OC)c(C(CBr)C(=O)C(CBr)c2c(OC)cc(OC)cc2OC)c(OC)c1. The van der Waals surface area contributed by atoms with Crippen molar-refractivity contribution in [2.75, 3.05) is 53.3 Å². The molecule has 0 saturated heterocycles. The predicted molar refractivity (Wildman–Crippen MR) is 130 cm³/mol. The molecule has 0 spiro atoms. The van der Waals surface area contributed by atoms with Gasteiger partial charge >= 0.3 is 0 Å². The Hall–Kier alpha value is -2.13. The van der Waals surface area contributed by atoms with Gasteiger partial charge in [0, 0.05) is 46.1 Å². The molecule has 0 aliphatic heterocycles. The van der Waals surface area contributed by atoms with Gasteiger partial charge in [0.2, 0.25) is 0 Å². The van der Waals surface area contributed by atoms with Gasteiger partial charge in [0.15, 0.2) is 0 Å². The third-order valence-electron chi connectivity index (χ3n) is 5.20. The molecule has 0 aromatic heterocycles. The maximum atomic E-state index is 13.9. The van der Waals surface area contributed by atoms with Gasteiger partial charge < -0.3 is 28.4 Å². The van der Waals surface area contributed by atoms with E-state index in [1.54, 1.807) is 66.9 Å². The molecule has 0 saturated carbocycles. The highest BCUT2D eigenvalue weighted by Crippen LogP contribution is 2.46. The zero-order chi connectivity index (χ0) is 23.8. The van der Waals surface area contributed by atoms with Crippen LogP contribution < -0.4 is 28.4 Å². The van der Waals surface area contributed by atoms with Gasteiger partial charge in [0.25, 0.3) is 0 Å². The summed E-state index contributed by atoms with van der Waals surface area (Å²) in [4.78, 5) is 13.9. The molecular formula is C23H28Br2O7. The van der Waals surface area contributed by atoms with Crippen LogP contribution in [-0.4, -0.2) is 59.1 Å². The zero-order valence-electron chi connectivity index (χ0n) is 19.0. The molecule has 0 bridgehead atoms. The highest BCUT2D eigenvalue weighted by Gasteiger charge is 2.36. The minimum Gasteiger partial charge on any atom is -0.496 e. The van der Waals surface area contributed by atoms with Crippen LogP contribution >= 0.6 is 31.9 Å². The Kier molecular flexibility index (Phi) is 9.96. The number of Topliss-reactive ketones (excluding diaryl/α,β-unsaturated/α-hetero) is 1. The number of ether oxygens (including phenoxy) is 6. The van der Waals surface area contributed by atoms with Gasteiger partial charge in [-0.2, -0.15) is 0 Å². The Balaban J connectivity index is 2.67. The highest BCUT2D eigenvalue weighted by molar-refractivity contribution is 9.09. The summed E-state index contributed by atoms with van der Waals surface area (Å²) in [6.07, 6.45) is 0. The number of hydrogen-bond acceptors (Lipinski definition) is 7. The molecule has 0 aliphatic rings. The van der Waals surface area contributed by atoms with Gasteiger partial charge in [-0.15, -0.1) is 0 Å². The van der Waals surface area contributed by atoms with Crippen molar-refractivity contribution in [2.24, 2.45) is 0 Å². The Morgan fingerprint density at radius 3 is 1.09 bits per heavy atom. The summed E-state index contributed by atoms with van der Waals surface area (Å²) in [6.45, 7) is 0. The van der Waals surface area contributed by atoms with Crippen LogP contribution in [0.5, 0.6) is 34.5 Å². The van der Waals surface area contributed by atoms with Crippen molar-refractivity contribution >= 4 is 37.6 Å². The summed E-state index contributed by atoms with van der Waals surface area (Å²) in [7, 11) is 9.31. The molecule has 2 aromatic rings. The average Bonchev–Trinajstić information content (AvgIpc) is 2.84. The van der Waals surface area contributed by atoms with E-state index in [1.807, 2.05) is 0 Å². The molecule has 2 aromatic carbocycles. The number of benzene rings is 2. The van der Waals surface area contributed by atoms with Crippen molar-refractivity contribution in [1.29, 1.82) is 0 Å². The second kappa shape index (κ2) is 12.2. The van der Waals surface area contributed by atoms with Crippen molar-refractivity contribution in [2.45, 2.75) is 11.8 Å². The maximum Gasteiger partial charge on any atom is 0.150 e. The first kappa shape index (κ1) is 26.1.